The van der Waals surface area contributed by atoms with E-state index < -0.39 is 0 Å². The molecule has 1 aromatic heterocycles. The molecule has 2 N–H and O–H groups in total. The van der Waals surface area contributed by atoms with Crippen LogP contribution in [0.5, 0.6) is 0 Å². The van der Waals surface area contributed by atoms with Crippen molar-refractivity contribution in [3.63, 3.8) is 0 Å². The van der Waals surface area contributed by atoms with Crippen LogP contribution in [0.1, 0.15) is 22.1 Å². The second-order valence-corrected chi connectivity index (χ2v) is 5.86. The predicted octanol–water partition coefficient (Wildman–Crippen LogP) is 2.29. The van der Waals surface area contributed by atoms with E-state index in [1.165, 1.54) is 5.56 Å². The normalized spacial score (nSPS) is 25.4. The maximum absolute atomic E-state index is 12.8. The van der Waals surface area contributed by atoms with E-state index >= 15 is 0 Å². The molecule has 124 valence electrons. The average Bonchev–Trinajstić information content (AvgIpc) is 3.23. The number of rotatable bonds is 2. The maximum atomic E-state index is 12.8. The van der Waals surface area contributed by atoms with E-state index in [-0.39, 0.29) is 36.8 Å². The van der Waals surface area contributed by atoms with Gasteiger partial charge in [-0.1, -0.05) is 30.3 Å². The molecule has 3 heterocycles. The standard InChI is InChI=1S/C16H18N4O.2ClH/c21-16(14-8-18-10-19-14)20-9-12-6-17-7-13(12)15(20)11-4-2-1-3-5-11;;/h1-5,8,10,12-13,15,17H,6-7,9H2,(H,18,19);2*1H/t12-,13-,15-;;/m0../s1. The lowest BCUT2D eigenvalue weighted by Gasteiger charge is -2.28. The summed E-state index contributed by atoms with van der Waals surface area (Å²) in [5, 5.41) is 3.46. The second-order valence-electron chi connectivity index (χ2n) is 5.86. The van der Waals surface area contributed by atoms with Crippen molar-refractivity contribution in [3.05, 3.63) is 54.1 Å². The number of carbonyl (C=O) groups is 1. The monoisotopic (exact) mass is 354 g/mol. The van der Waals surface area contributed by atoms with E-state index in [2.05, 4.69) is 27.4 Å². The number of amides is 1. The number of aromatic amines is 1. The van der Waals surface area contributed by atoms with Gasteiger partial charge in [0.25, 0.3) is 5.91 Å². The van der Waals surface area contributed by atoms with Crippen LogP contribution in [-0.2, 0) is 0 Å². The molecule has 2 aromatic rings. The summed E-state index contributed by atoms with van der Waals surface area (Å²) in [5.41, 5.74) is 1.80. The second kappa shape index (κ2) is 7.34. The zero-order valence-electron chi connectivity index (χ0n) is 12.5. The van der Waals surface area contributed by atoms with Gasteiger partial charge in [-0.15, -0.1) is 24.8 Å². The fourth-order valence-corrected chi connectivity index (χ4v) is 3.73. The van der Waals surface area contributed by atoms with Crippen molar-refractivity contribution in [1.29, 1.82) is 0 Å². The van der Waals surface area contributed by atoms with Crippen LogP contribution in [0.3, 0.4) is 0 Å². The van der Waals surface area contributed by atoms with Crippen LogP contribution in [-0.4, -0.2) is 40.4 Å². The summed E-state index contributed by atoms with van der Waals surface area (Å²) in [4.78, 5) is 21.7. The van der Waals surface area contributed by atoms with Gasteiger partial charge in [-0.3, -0.25) is 4.79 Å². The van der Waals surface area contributed by atoms with Gasteiger partial charge in [0.05, 0.1) is 18.6 Å². The third-order valence-electron chi connectivity index (χ3n) is 4.70. The van der Waals surface area contributed by atoms with Gasteiger partial charge in [-0.05, 0) is 11.5 Å². The molecule has 1 amide bonds. The summed E-state index contributed by atoms with van der Waals surface area (Å²) in [6.45, 7) is 2.80. The Bertz CT molecular complexity index is 635. The molecule has 2 saturated heterocycles. The summed E-state index contributed by atoms with van der Waals surface area (Å²) in [7, 11) is 0. The van der Waals surface area contributed by atoms with Crippen molar-refractivity contribution in [2.24, 2.45) is 11.8 Å². The van der Waals surface area contributed by atoms with E-state index in [0.717, 1.165) is 19.6 Å². The Balaban J connectivity index is 0.000000960. The Labute approximate surface area is 147 Å². The van der Waals surface area contributed by atoms with Crippen LogP contribution in [0, 0.1) is 11.8 Å². The number of H-pyrrole nitrogens is 1. The smallest absolute Gasteiger partial charge is 0.272 e. The minimum atomic E-state index is 0. The van der Waals surface area contributed by atoms with E-state index in [0.29, 0.717) is 17.5 Å². The molecule has 0 saturated carbocycles. The molecule has 0 unspecified atom stereocenters. The van der Waals surface area contributed by atoms with Crippen LogP contribution >= 0.6 is 24.8 Å². The van der Waals surface area contributed by atoms with Gasteiger partial charge in [-0.2, -0.15) is 0 Å². The van der Waals surface area contributed by atoms with E-state index in [1.54, 1.807) is 12.5 Å². The molecule has 5 nitrogen and oxygen atoms in total. The van der Waals surface area contributed by atoms with Crippen LogP contribution in [0.15, 0.2) is 42.9 Å². The molecule has 23 heavy (non-hydrogen) atoms. The molecule has 3 atom stereocenters. The number of nitrogens with one attached hydrogen (secondary N) is 2. The number of benzene rings is 1. The lowest BCUT2D eigenvalue weighted by molar-refractivity contribution is 0.0708. The summed E-state index contributed by atoms with van der Waals surface area (Å²) < 4.78 is 0. The predicted molar refractivity (Wildman–Crippen MR) is 93.2 cm³/mol. The molecule has 0 radical (unpaired) electrons. The zero-order chi connectivity index (χ0) is 14.2. The number of fused-ring (bicyclic) bond motifs is 1. The van der Waals surface area contributed by atoms with Crippen molar-refractivity contribution in [3.8, 4) is 0 Å². The molecule has 7 heteroatoms. The number of aromatic nitrogens is 2. The van der Waals surface area contributed by atoms with Crippen molar-refractivity contribution < 1.29 is 4.79 Å². The lowest BCUT2D eigenvalue weighted by Crippen LogP contribution is -2.34. The highest BCUT2D eigenvalue weighted by atomic mass is 35.5. The Morgan fingerprint density at radius 2 is 1.96 bits per heavy atom. The molecule has 0 spiro atoms. The van der Waals surface area contributed by atoms with E-state index in [4.69, 9.17) is 0 Å². The van der Waals surface area contributed by atoms with Crippen molar-refractivity contribution in [2.45, 2.75) is 6.04 Å². The molecule has 2 fully saturated rings. The Kier molecular flexibility index (Phi) is 5.68. The summed E-state index contributed by atoms with van der Waals surface area (Å²) in [6.07, 6.45) is 3.17. The van der Waals surface area contributed by atoms with Crippen molar-refractivity contribution in [2.75, 3.05) is 19.6 Å². The largest absolute Gasteiger partial charge is 0.341 e. The Hall–Kier alpha value is -1.56. The first-order chi connectivity index (χ1) is 10.3. The van der Waals surface area contributed by atoms with E-state index in [1.807, 2.05) is 23.1 Å². The molecule has 0 aliphatic carbocycles. The fraction of sp³-hybridized carbons (Fsp3) is 0.375. The molecule has 2 aliphatic rings. The molecule has 1 aromatic carbocycles. The quantitative estimate of drug-likeness (QED) is 0.869. The van der Waals surface area contributed by atoms with Crippen LogP contribution in [0.4, 0.5) is 0 Å². The van der Waals surface area contributed by atoms with Crippen LogP contribution < -0.4 is 5.32 Å². The van der Waals surface area contributed by atoms with Gasteiger partial charge in [0, 0.05) is 25.6 Å². The van der Waals surface area contributed by atoms with Gasteiger partial charge in [0.15, 0.2) is 0 Å². The first kappa shape index (κ1) is 17.8. The van der Waals surface area contributed by atoms with Gasteiger partial charge in [0.2, 0.25) is 0 Å². The van der Waals surface area contributed by atoms with Gasteiger partial charge in [0.1, 0.15) is 5.69 Å². The summed E-state index contributed by atoms with van der Waals surface area (Å²) in [6, 6.07) is 10.5. The highest BCUT2D eigenvalue weighted by Gasteiger charge is 2.46. The number of hydrogen-bond acceptors (Lipinski definition) is 3. The lowest BCUT2D eigenvalue weighted by atomic mass is 9.89. The topological polar surface area (TPSA) is 61.0 Å². The number of halogens is 2. The Morgan fingerprint density at radius 1 is 1.17 bits per heavy atom. The molecular formula is C16H20Cl2N4O. The number of likely N-dealkylation sites (tertiary alicyclic amines) is 1. The van der Waals surface area contributed by atoms with Crippen LogP contribution in [0.25, 0.3) is 0 Å². The SMILES string of the molecule is Cl.Cl.O=C(c1cnc[nH]1)N1C[C@@H]2CNC[C@@H]2[C@@H]1c1ccccc1. The molecule has 2 aliphatic heterocycles. The minimum absolute atomic E-state index is 0. The fourth-order valence-electron chi connectivity index (χ4n) is 3.73. The number of imidazole rings is 1. The number of nitrogens with zero attached hydrogens (tertiary/aromatic N) is 2. The van der Waals surface area contributed by atoms with Crippen molar-refractivity contribution >= 4 is 30.7 Å². The van der Waals surface area contributed by atoms with Crippen molar-refractivity contribution in [1.82, 2.24) is 20.2 Å². The van der Waals surface area contributed by atoms with Gasteiger partial charge in [-0.25, -0.2) is 4.98 Å². The third-order valence-corrected chi connectivity index (χ3v) is 4.70. The zero-order valence-corrected chi connectivity index (χ0v) is 14.1. The molecule has 0 bridgehead atoms. The minimum Gasteiger partial charge on any atom is -0.341 e. The average molecular weight is 355 g/mol. The van der Waals surface area contributed by atoms with Gasteiger partial charge < -0.3 is 15.2 Å². The van der Waals surface area contributed by atoms with Gasteiger partial charge >= 0.3 is 0 Å². The number of hydrogen-bond donors (Lipinski definition) is 2. The summed E-state index contributed by atoms with van der Waals surface area (Å²) in [5.74, 6) is 1.09. The maximum Gasteiger partial charge on any atom is 0.272 e. The number of carbonyl (C=O) groups excluding carboxylic acids is 1. The Morgan fingerprint density at radius 3 is 2.65 bits per heavy atom. The van der Waals surface area contributed by atoms with E-state index in [9.17, 15) is 4.79 Å². The molecule has 4 rings (SSSR count). The van der Waals surface area contributed by atoms with Crippen LogP contribution in [0.2, 0.25) is 0 Å². The first-order valence-electron chi connectivity index (χ1n) is 7.39. The first-order valence-corrected chi connectivity index (χ1v) is 7.39. The highest BCUT2D eigenvalue weighted by Crippen LogP contribution is 2.42. The highest BCUT2D eigenvalue weighted by molar-refractivity contribution is 5.92. The molecular weight excluding hydrogens is 335 g/mol. The summed E-state index contributed by atoms with van der Waals surface area (Å²) >= 11 is 0. The third kappa shape index (κ3) is 3.09.